The predicted molar refractivity (Wildman–Crippen MR) is 77.1 cm³/mol. The van der Waals surface area contributed by atoms with Gasteiger partial charge in [0, 0.05) is 18.7 Å². The first-order chi connectivity index (χ1) is 9.99. The molecule has 0 aliphatic carbocycles. The number of esters is 1. The lowest BCUT2D eigenvalue weighted by Crippen LogP contribution is -2.45. The zero-order valence-electron chi connectivity index (χ0n) is 12.2. The molecule has 0 saturated heterocycles. The van der Waals surface area contributed by atoms with E-state index in [1.165, 1.54) is 24.3 Å². The number of hydrogen-bond acceptors (Lipinski definition) is 6. The summed E-state index contributed by atoms with van der Waals surface area (Å²) in [6.45, 7) is 4.01. The van der Waals surface area contributed by atoms with Crippen LogP contribution in [-0.4, -0.2) is 29.6 Å². The molecule has 1 aromatic carbocycles. The molecular weight excluding hydrogens is 276 g/mol. The molecule has 0 unspecified atom stereocenters. The Morgan fingerprint density at radius 1 is 1.29 bits per heavy atom. The quantitative estimate of drug-likeness (QED) is 0.447. The second-order valence-corrected chi connectivity index (χ2v) is 4.48. The number of carbonyl (C=O) groups is 1. The van der Waals surface area contributed by atoms with E-state index in [1.54, 1.807) is 0 Å². The average molecular weight is 296 g/mol. The number of non-ortho nitro benzene ring substituents is 1. The van der Waals surface area contributed by atoms with Gasteiger partial charge < -0.3 is 15.2 Å². The zero-order valence-corrected chi connectivity index (χ0v) is 12.2. The van der Waals surface area contributed by atoms with Crippen LogP contribution in [0.4, 0.5) is 5.69 Å². The van der Waals surface area contributed by atoms with Crippen LogP contribution in [0.2, 0.25) is 0 Å². The van der Waals surface area contributed by atoms with Gasteiger partial charge in [-0.15, -0.1) is 0 Å². The minimum Gasteiger partial charge on any atom is -0.476 e. The fourth-order valence-corrected chi connectivity index (χ4v) is 1.87. The van der Waals surface area contributed by atoms with Crippen molar-refractivity contribution < 1.29 is 19.2 Å². The molecule has 0 saturated carbocycles. The van der Waals surface area contributed by atoms with Crippen LogP contribution in [0.15, 0.2) is 24.3 Å². The molecule has 116 valence electrons. The van der Waals surface area contributed by atoms with E-state index in [1.807, 2.05) is 13.8 Å². The molecule has 1 aromatic rings. The molecule has 0 radical (unpaired) electrons. The van der Waals surface area contributed by atoms with Crippen LogP contribution in [0.3, 0.4) is 0 Å². The molecule has 0 aliphatic rings. The second-order valence-electron chi connectivity index (χ2n) is 4.48. The summed E-state index contributed by atoms with van der Waals surface area (Å²) in [5.41, 5.74) is 4.18. The molecule has 0 fully saturated rings. The van der Waals surface area contributed by atoms with Crippen LogP contribution < -0.4 is 10.5 Å². The smallest absolute Gasteiger partial charge is 0.350 e. The molecule has 0 aromatic heterocycles. The molecule has 0 amide bonds. The van der Waals surface area contributed by atoms with E-state index < -0.39 is 16.5 Å². The Hall–Kier alpha value is -2.15. The molecule has 1 rings (SSSR count). The summed E-state index contributed by atoms with van der Waals surface area (Å²) in [6, 6.07) is 5.59. The summed E-state index contributed by atoms with van der Waals surface area (Å²) in [5, 5.41) is 10.6. The van der Waals surface area contributed by atoms with Gasteiger partial charge in [0.1, 0.15) is 12.4 Å². The van der Waals surface area contributed by atoms with Gasteiger partial charge in [0.2, 0.25) is 5.60 Å². The van der Waals surface area contributed by atoms with E-state index in [-0.39, 0.29) is 18.8 Å². The van der Waals surface area contributed by atoms with E-state index in [2.05, 4.69) is 0 Å². The normalized spacial score (nSPS) is 11.0. The number of nitrogens with zero attached hydrogens (tertiary/aromatic N) is 1. The zero-order chi connectivity index (χ0) is 15.9. The number of nitro groups is 1. The third kappa shape index (κ3) is 4.16. The van der Waals surface area contributed by atoms with E-state index in [4.69, 9.17) is 15.2 Å². The number of carbonyl (C=O) groups excluding carboxylic acids is 1. The lowest BCUT2D eigenvalue weighted by Gasteiger charge is -2.30. The lowest BCUT2D eigenvalue weighted by atomic mass is 9.97. The van der Waals surface area contributed by atoms with E-state index in [9.17, 15) is 14.9 Å². The van der Waals surface area contributed by atoms with Crippen molar-refractivity contribution in [1.29, 1.82) is 0 Å². The van der Waals surface area contributed by atoms with Crippen LogP contribution in [-0.2, 0) is 9.53 Å². The Morgan fingerprint density at radius 3 is 2.29 bits per heavy atom. The molecule has 0 atom stereocenters. The summed E-state index contributed by atoms with van der Waals surface area (Å²) in [6.07, 6.45) is 0.841. The molecule has 21 heavy (non-hydrogen) atoms. The number of rotatable bonds is 8. The third-order valence-corrected chi connectivity index (χ3v) is 3.23. The third-order valence-electron chi connectivity index (χ3n) is 3.23. The van der Waals surface area contributed by atoms with Crippen molar-refractivity contribution in [3.63, 3.8) is 0 Å². The summed E-state index contributed by atoms with van der Waals surface area (Å²) in [4.78, 5) is 22.3. The molecule has 0 bridgehead atoms. The number of hydrogen-bond donors (Lipinski definition) is 1. The van der Waals surface area contributed by atoms with Gasteiger partial charge in [-0.25, -0.2) is 4.79 Å². The Bertz CT molecular complexity index is 483. The average Bonchev–Trinajstić information content (AvgIpc) is 2.50. The van der Waals surface area contributed by atoms with E-state index in [0.29, 0.717) is 18.6 Å². The maximum absolute atomic E-state index is 12.2. The maximum Gasteiger partial charge on any atom is 0.350 e. The van der Waals surface area contributed by atoms with Crippen molar-refractivity contribution in [1.82, 2.24) is 0 Å². The monoisotopic (exact) mass is 296 g/mol. The molecule has 7 heteroatoms. The minimum atomic E-state index is -1.11. The SMILES string of the molecule is CCC(CC)(Oc1ccc([N+](=O)[O-])cc1)C(=O)OCCN. The van der Waals surface area contributed by atoms with Crippen LogP contribution in [0.5, 0.6) is 5.75 Å². The maximum atomic E-state index is 12.2. The van der Waals surface area contributed by atoms with Gasteiger partial charge in [0.05, 0.1) is 4.92 Å². The summed E-state index contributed by atoms with van der Waals surface area (Å²) in [7, 11) is 0. The van der Waals surface area contributed by atoms with Crippen LogP contribution in [0, 0.1) is 10.1 Å². The predicted octanol–water partition coefficient (Wildman–Crippen LogP) is 2.03. The number of benzene rings is 1. The first-order valence-electron chi connectivity index (χ1n) is 6.79. The van der Waals surface area contributed by atoms with Gasteiger partial charge in [-0.2, -0.15) is 0 Å². The van der Waals surface area contributed by atoms with E-state index in [0.717, 1.165) is 0 Å². The fourth-order valence-electron chi connectivity index (χ4n) is 1.87. The molecule has 2 N–H and O–H groups in total. The standard InChI is InChI=1S/C14H20N2O5/c1-3-14(4-2,13(17)20-10-9-15)21-12-7-5-11(6-8-12)16(18)19/h5-8H,3-4,9-10,15H2,1-2H3. The highest BCUT2D eigenvalue weighted by Crippen LogP contribution is 2.27. The summed E-state index contributed by atoms with van der Waals surface area (Å²) in [5.74, 6) is -0.0923. The van der Waals surface area contributed by atoms with Crippen molar-refractivity contribution in [2.45, 2.75) is 32.3 Å². The Balaban J connectivity index is 2.91. The summed E-state index contributed by atoms with van der Waals surface area (Å²) >= 11 is 0. The Labute approximate surface area is 123 Å². The second kappa shape index (κ2) is 7.58. The number of nitro benzene ring substituents is 1. The van der Waals surface area contributed by atoms with Crippen LogP contribution >= 0.6 is 0 Å². The highest BCUT2D eigenvalue weighted by atomic mass is 16.6. The highest BCUT2D eigenvalue weighted by molar-refractivity contribution is 5.80. The van der Waals surface area contributed by atoms with Crippen LogP contribution in [0.25, 0.3) is 0 Å². The Kier molecular flexibility index (Phi) is 6.10. The molecule has 7 nitrogen and oxygen atoms in total. The first-order valence-corrected chi connectivity index (χ1v) is 6.79. The van der Waals surface area contributed by atoms with Crippen molar-refractivity contribution in [2.75, 3.05) is 13.2 Å². The van der Waals surface area contributed by atoms with Gasteiger partial charge in [-0.05, 0) is 25.0 Å². The van der Waals surface area contributed by atoms with Crippen molar-refractivity contribution >= 4 is 11.7 Å². The van der Waals surface area contributed by atoms with Crippen molar-refractivity contribution in [3.8, 4) is 5.75 Å². The van der Waals surface area contributed by atoms with Gasteiger partial charge >= 0.3 is 5.97 Å². The molecular formula is C14H20N2O5. The molecule has 0 heterocycles. The summed E-state index contributed by atoms with van der Waals surface area (Å²) < 4.78 is 10.8. The van der Waals surface area contributed by atoms with Gasteiger partial charge in [0.25, 0.3) is 5.69 Å². The van der Waals surface area contributed by atoms with Gasteiger partial charge in [-0.1, -0.05) is 13.8 Å². The molecule has 0 spiro atoms. The number of nitrogens with two attached hydrogens (primary N) is 1. The largest absolute Gasteiger partial charge is 0.476 e. The minimum absolute atomic E-state index is 0.0355. The first kappa shape index (κ1) is 16.9. The highest BCUT2D eigenvalue weighted by Gasteiger charge is 2.39. The fraction of sp³-hybridized carbons (Fsp3) is 0.500. The Morgan fingerprint density at radius 2 is 1.86 bits per heavy atom. The topological polar surface area (TPSA) is 105 Å². The van der Waals surface area contributed by atoms with Gasteiger partial charge in [-0.3, -0.25) is 10.1 Å². The van der Waals surface area contributed by atoms with E-state index >= 15 is 0 Å². The van der Waals surface area contributed by atoms with Crippen LogP contribution in [0.1, 0.15) is 26.7 Å². The van der Waals surface area contributed by atoms with Crippen molar-refractivity contribution in [3.05, 3.63) is 34.4 Å². The van der Waals surface area contributed by atoms with Crippen molar-refractivity contribution in [2.24, 2.45) is 5.73 Å². The number of ether oxygens (including phenoxy) is 2. The molecule has 0 aliphatic heterocycles. The lowest BCUT2D eigenvalue weighted by molar-refractivity contribution is -0.384. The van der Waals surface area contributed by atoms with Gasteiger partial charge in [0.15, 0.2) is 0 Å².